The van der Waals surface area contributed by atoms with Gasteiger partial charge in [-0.1, -0.05) is 41.4 Å². The molecule has 2 N–H and O–H groups in total. The van der Waals surface area contributed by atoms with Gasteiger partial charge in [0.2, 0.25) is 0 Å². The summed E-state index contributed by atoms with van der Waals surface area (Å²) in [7, 11) is 1.56. The van der Waals surface area contributed by atoms with E-state index in [0.717, 1.165) is 11.3 Å². The molecule has 1 amide bonds. The predicted molar refractivity (Wildman–Crippen MR) is 106 cm³/mol. The number of amides is 1. The number of rotatable bonds is 6. The summed E-state index contributed by atoms with van der Waals surface area (Å²) in [6.45, 7) is 2.46. The first-order valence-corrected chi connectivity index (χ1v) is 8.71. The number of carbonyl (C=O) groups excluding carboxylic acids is 1. The number of nitrogens with one attached hydrogen (secondary N) is 2. The Morgan fingerprint density at radius 3 is 2.48 bits per heavy atom. The number of nitrogens with zero attached hydrogens (tertiary/aromatic N) is 2. The number of hydrogen-bond donors (Lipinski definition) is 2. The van der Waals surface area contributed by atoms with Crippen LogP contribution in [-0.2, 0) is 6.54 Å². The zero-order valence-corrected chi connectivity index (χ0v) is 15.7. The molecule has 0 saturated carbocycles. The highest BCUT2D eigenvalue weighted by molar-refractivity contribution is 6.32. The van der Waals surface area contributed by atoms with E-state index < -0.39 is 0 Å². The van der Waals surface area contributed by atoms with Crippen LogP contribution in [0.15, 0.2) is 54.6 Å². The highest BCUT2D eigenvalue weighted by Gasteiger charge is 2.09. The molecule has 0 bridgehead atoms. The number of aryl methyl sites for hydroxylation is 1. The molecular weight excluding hydrogens is 364 g/mol. The highest BCUT2D eigenvalue weighted by Crippen LogP contribution is 2.28. The van der Waals surface area contributed by atoms with E-state index in [1.165, 1.54) is 5.56 Å². The van der Waals surface area contributed by atoms with Crippen molar-refractivity contribution in [2.75, 3.05) is 12.4 Å². The average molecular weight is 383 g/mol. The van der Waals surface area contributed by atoms with Gasteiger partial charge in [0.1, 0.15) is 5.75 Å². The van der Waals surface area contributed by atoms with Gasteiger partial charge in [-0.25, -0.2) is 0 Å². The third-order valence-electron chi connectivity index (χ3n) is 3.90. The number of aromatic nitrogens is 2. The number of methoxy groups -OCH3 is 1. The summed E-state index contributed by atoms with van der Waals surface area (Å²) in [4.78, 5) is 12.2. The Morgan fingerprint density at radius 2 is 1.85 bits per heavy atom. The molecular formula is C20H19ClN4O2. The van der Waals surface area contributed by atoms with E-state index in [4.69, 9.17) is 16.3 Å². The van der Waals surface area contributed by atoms with Crippen molar-refractivity contribution in [2.45, 2.75) is 13.5 Å². The molecule has 1 aromatic heterocycles. The first-order valence-electron chi connectivity index (χ1n) is 8.33. The second kappa shape index (κ2) is 8.51. The molecule has 0 spiro atoms. The zero-order chi connectivity index (χ0) is 19.2. The zero-order valence-electron chi connectivity index (χ0n) is 15.0. The molecule has 0 aliphatic carbocycles. The molecule has 27 heavy (non-hydrogen) atoms. The van der Waals surface area contributed by atoms with Gasteiger partial charge in [-0.3, -0.25) is 4.79 Å². The lowest BCUT2D eigenvalue weighted by atomic mass is 10.1. The third-order valence-corrected chi connectivity index (χ3v) is 4.19. The largest absolute Gasteiger partial charge is 0.495 e. The van der Waals surface area contributed by atoms with Crippen LogP contribution >= 0.6 is 11.6 Å². The predicted octanol–water partition coefficient (Wildman–Crippen LogP) is 4.12. The van der Waals surface area contributed by atoms with Gasteiger partial charge >= 0.3 is 0 Å². The Labute approximate surface area is 162 Å². The number of ether oxygens (including phenoxy) is 1. The van der Waals surface area contributed by atoms with Crippen molar-refractivity contribution < 1.29 is 9.53 Å². The maximum absolute atomic E-state index is 12.2. The van der Waals surface area contributed by atoms with Crippen molar-refractivity contribution >= 4 is 29.0 Å². The van der Waals surface area contributed by atoms with Crippen LogP contribution in [0.2, 0.25) is 5.02 Å². The van der Waals surface area contributed by atoms with Gasteiger partial charge in [0, 0.05) is 12.2 Å². The van der Waals surface area contributed by atoms with Gasteiger partial charge in [0.05, 0.1) is 12.1 Å². The van der Waals surface area contributed by atoms with E-state index in [1.54, 1.807) is 31.4 Å². The smallest absolute Gasteiger partial charge is 0.272 e. The molecule has 0 unspecified atom stereocenters. The van der Waals surface area contributed by atoms with Gasteiger partial charge in [-0.15, -0.1) is 10.2 Å². The summed E-state index contributed by atoms with van der Waals surface area (Å²) in [5.74, 6) is 0.822. The van der Waals surface area contributed by atoms with Crippen molar-refractivity contribution in [3.63, 3.8) is 0 Å². The number of carbonyl (C=O) groups is 1. The first kappa shape index (κ1) is 18.7. The quantitative estimate of drug-likeness (QED) is 0.670. The summed E-state index contributed by atoms with van der Waals surface area (Å²) in [5.41, 5.74) is 3.20. The maximum Gasteiger partial charge on any atom is 0.272 e. The molecule has 6 nitrogen and oxygen atoms in total. The van der Waals surface area contributed by atoms with Crippen molar-refractivity contribution in [3.8, 4) is 5.75 Å². The minimum absolute atomic E-state index is 0.250. The molecule has 138 valence electrons. The SMILES string of the molecule is COc1ccc(Nc2ccc(C(=O)NCc3ccc(C)cc3)nn2)cc1Cl. The number of hydrogen-bond acceptors (Lipinski definition) is 5. The van der Waals surface area contributed by atoms with Crippen LogP contribution in [0.4, 0.5) is 11.5 Å². The van der Waals surface area contributed by atoms with E-state index >= 15 is 0 Å². The summed E-state index contributed by atoms with van der Waals surface area (Å²) >= 11 is 6.10. The Bertz CT molecular complexity index is 928. The Balaban J connectivity index is 1.60. The minimum Gasteiger partial charge on any atom is -0.495 e. The van der Waals surface area contributed by atoms with Gasteiger partial charge < -0.3 is 15.4 Å². The lowest BCUT2D eigenvalue weighted by Crippen LogP contribution is -2.24. The number of anilines is 2. The monoisotopic (exact) mass is 382 g/mol. The minimum atomic E-state index is -0.276. The van der Waals surface area contributed by atoms with Crippen LogP contribution in [0.25, 0.3) is 0 Å². The first-order chi connectivity index (χ1) is 13.0. The second-order valence-corrected chi connectivity index (χ2v) is 6.35. The van der Waals surface area contributed by atoms with Crippen molar-refractivity contribution in [3.05, 3.63) is 76.4 Å². The van der Waals surface area contributed by atoms with Crippen LogP contribution in [0.5, 0.6) is 5.75 Å². The standard InChI is InChI=1S/C20H19ClN4O2/c1-13-3-5-14(6-4-13)12-22-20(26)17-8-10-19(25-24-17)23-15-7-9-18(27-2)16(21)11-15/h3-11H,12H2,1-2H3,(H,22,26)(H,23,25). The fourth-order valence-electron chi connectivity index (χ4n) is 2.39. The van der Waals surface area contributed by atoms with Gasteiger partial charge in [-0.2, -0.15) is 0 Å². The van der Waals surface area contributed by atoms with E-state index in [1.807, 2.05) is 37.3 Å². The molecule has 2 aromatic carbocycles. The Morgan fingerprint density at radius 1 is 1.07 bits per heavy atom. The van der Waals surface area contributed by atoms with Gasteiger partial charge in [0.25, 0.3) is 5.91 Å². The van der Waals surface area contributed by atoms with Gasteiger partial charge in [0.15, 0.2) is 11.5 Å². The van der Waals surface area contributed by atoms with Crippen molar-refractivity contribution in [1.29, 1.82) is 0 Å². The number of halogens is 1. The van der Waals surface area contributed by atoms with Crippen LogP contribution in [0.1, 0.15) is 21.6 Å². The van der Waals surface area contributed by atoms with E-state index in [-0.39, 0.29) is 11.6 Å². The molecule has 7 heteroatoms. The summed E-state index contributed by atoms with van der Waals surface area (Å²) in [6.07, 6.45) is 0. The van der Waals surface area contributed by atoms with Crippen molar-refractivity contribution in [1.82, 2.24) is 15.5 Å². The van der Waals surface area contributed by atoms with Crippen LogP contribution < -0.4 is 15.4 Å². The molecule has 3 rings (SSSR count). The van der Waals surface area contributed by atoms with E-state index in [0.29, 0.717) is 23.1 Å². The van der Waals surface area contributed by atoms with E-state index in [2.05, 4.69) is 20.8 Å². The molecule has 1 heterocycles. The molecule has 0 aliphatic rings. The molecule has 0 radical (unpaired) electrons. The average Bonchev–Trinajstić information content (AvgIpc) is 2.68. The molecule has 0 aliphatic heterocycles. The fraction of sp³-hybridized carbons (Fsp3) is 0.150. The fourth-order valence-corrected chi connectivity index (χ4v) is 2.65. The maximum atomic E-state index is 12.2. The lowest BCUT2D eigenvalue weighted by molar-refractivity contribution is 0.0945. The summed E-state index contributed by atoms with van der Waals surface area (Å²) in [6, 6.07) is 16.6. The second-order valence-electron chi connectivity index (χ2n) is 5.95. The molecule has 0 fully saturated rings. The van der Waals surface area contributed by atoms with Crippen LogP contribution in [-0.4, -0.2) is 23.2 Å². The molecule has 0 atom stereocenters. The topological polar surface area (TPSA) is 76.1 Å². The van der Waals surface area contributed by atoms with Crippen LogP contribution in [0.3, 0.4) is 0 Å². The Kier molecular flexibility index (Phi) is 5.88. The molecule has 3 aromatic rings. The summed E-state index contributed by atoms with van der Waals surface area (Å²) < 4.78 is 5.12. The van der Waals surface area contributed by atoms with Crippen molar-refractivity contribution in [2.24, 2.45) is 0 Å². The Hall–Kier alpha value is -3.12. The lowest BCUT2D eigenvalue weighted by Gasteiger charge is -2.08. The number of benzene rings is 2. The molecule has 0 saturated heterocycles. The normalized spacial score (nSPS) is 10.3. The van der Waals surface area contributed by atoms with E-state index in [9.17, 15) is 4.79 Å². The highest BCUT2D eigenvalue weighted by atomic mass is 35.5. The third kappa shape index (κ3) is 4.95. The van der Waals surface area contributed by atoms with Crippen LogP contribution in [0, 0.1) is 6.92 Å². The summed E-state index contributed by atoms with van der Waals surface area (Å²) in [5, 5.41) is 14.4. The van der Waals surface area contributed by atoms with Gasteiger partial charge in [-0.05, 0) is 42.8 Å².